The van der Waals surface area contributed by atoms with Crippen molar-refractivity contribution < 1.29 is 0 Å². The lowest BCUT2D eigenvalue weighted by Crippen LogP contribution is -2.11. The van der Waals surface area contributed by atoms with Gasteiger partial charge in [0.1, 0.15) is 0 Å². The van der Waals surface area contributed by atoms with E-state index in [2.05, 4.69) is 13.0 Å². The molecule has 0 aromatic rings. The normalized spacial score (nSPS) is 53.0. The van der Waals surface area contributed by atoms with Crippen LogP contribution in [0.1, 0.15) is 45.4 Å². The van der Waals surface area contributed by atoms with Crippen LogP contribution >= 0.6 is 0 Å². The summed E-state index contributed by atoms with van der Waals surface area (Å²) in [6.45, 7) is 2.31. The van der Waals surface area contributed by atoms with Gasteiger partial charge in [0.2, 0.25) is 0 Å². The molecule has 3 aliphatic rings. The molecule has 2 unspecified atom stereocenters. The molecule has 0 radical (unpaired) electrons. The Balaban J connectivity index is 1.99. The molecule has 0 amide bonds. The van der Waals surface area contributed by atoms with Crippen LogP contribution in [0, 0.1) is 10.8 Å². The van der Waals surface area contributed by atoms with Crippen LogP contribution < -0.4 is 0 Å². The first-order valence-corrected chi connectivity index (χ1v) is 4.92. The fourth-order valence-electron chi connectivity index (χ4n) is 3.78. The largest absolute Gasteiger partial charge is 0.0850 e. The molecule has 3 aliphatic carbocycles. The van der Waals surface area contributed by atoms with Gasteiger partial charge in [-0.05, 0) is 49.9 Å². The molecule has 0 spiro atoms. The molecule has 0 bridgehead atoms. The minimum absolute atomic E-state index is 0.839. The van der Waals surface area contributed by atoms with Gasteiger partial charge in [0, 0.05) is 0 Å². The summed E-state index contributed by atoms with van der Waals surface area (Å²) in [4.78, 5) is 0. The highest BCUT2D eigenvalue weighted by atomic mass is 14.7. The maximum Gasteiger partial charge on any atom is -0.0195 e. The van der Waals surface area contributed by atoms with E-state index >= 15 is 0 Å². The first-order chi connectivity index (χ1) is 5.27. The Bertz CT molecular complexity index is 238. The lowest BCUT2D eigenvalue weighted by molar-refractivity contribution is 0.369. The highest BCUT2D eigenvalue weighted by molar-refractivity contribution is 5.28. The van der Waals surface area contributed by atoms with E-state index in [4.69, 9.17) is 0 Å². The summed E-state index contributed by atoms with van der Waals surface area (Å²) < 4.78 is 0. The minimum atomic E-state index is 0.839. The van der Waals surface area contributed by atoms with Crippen molar-refractivity contribution in [3.8, 4) is 0 Å². The quantitative estimate of drug-likeness (QED) is 0.462. The van der Waals surface area contributed by atoms with Gasteiger partial charge in [-0.3, -0.25) is 0 Å². The zero-order valence-corrected chi connectivity index (χ0v) is 7.32. The van der Waals surface area contributed by atoms with Crippen molar-refractivity contribution in [2.24, 2.45) is 10.8 Å². The van der Waals surface area contributed by atoms with E-state index in [9.17, 15) is 0 Å². The molecule has 2 saturated carbocycles. The maximum absolute atomic E-state index is 2.50. The van der Waals surface area contributed by atoms with Crippen molar-refractivity contribution in [1.29, 1.82) is 0 Å². The summed E-state index contributed by atoms with van der Waals surface area (Å²) >= 11 is 0. The molecule has 0 aliphatic heterocycles. The summed E-state index contributed by atoms with van der Waals surface area (Å²) in [5.41, 5.74) is 3.35. The smallest absolute Gasteiger partial charge is 0.0195 e. The molecule has 2 atom stereocenters. The van der Waals surface area contributed by atoms with Crippen LogP contribution in [0.4, 0.5) is 0 Å². The van der Waals surface area contributed by atoms with Crippen molar-refractivity contribution >= 4 is 0 Å². The van der Waals surface area contributed by atoms with Gasteiger partial charge in [-0.2, -0.15) is 0 Å². The molecular weight excluding hydrogens is 132 g/mol. The molecular formula is C11H16. The van der Waals surface area contributed by atoms with Crippen molar-refractivity contribution in [2.75, 3.05) is 0 Å². The SMILES string of the molecule is CC1=CCC23CCCC2(C1)C3. The zero-order chi connectivity index (χ0) is 7.53. The van der Waals surface area contributed by atoms with E-state index in [1.54, 1.807) is 12.0 Å². The fourth-order valence-corrected chi connectivity index (χ4v) is 3.78. The van der Waals surface area contributed by atoms with Crippen LogP contribution in [0.15, 0.2) is 11.6 Å². The van der Waals surface area contributed by atoms with Crippen molar-refractivity contribution in [2.45, 2.75) is 45.4 Å². The summed E-state index contributed by atoms with van der Waals surface area (Å²) in [6.07, 6.45) is 11.5. The van der Waals surface area contributed by atoms with Gasteiger partial charge in [-0.15, -0.1) is 0 Å². The molecule has 0 nitrogen and oxygen atoms in total. The molecule has 0 heterocycles. The summed E-state index contributed by atoms with van der Waals surface area (Å²) in [7, 11) is 0. The minimum Gasteiger partial charge on any atom is -0.0850 e. The van der Waals surface area contributed by atoms with Gasteiger partial charge in [0.15, 0.2) is 0 Å². The Kier molecular flexibility index (Phi) is 0.898. The molecule has 0 aromatic carbocycles. The molecule has 11 heavy (non-hydrogen) atoms. The van der Waals surface area contributed by atoms with Crippen LogP contribution in [0.5, 0.6) is 0 Å². The van der Waals surface area contributed by atoms with E-state index < -0.39 is 0 Å². The average Bonchev–Trinajstić information content (AvgIpc) is 2.47. The molecule has 60 valence electrons. The Morgan fingerprint density at radius 1 is 1.27 bits per heavy atom. The third-order valence-electron chi connectivity index (χ3n) is 4.45. The Morgan fingerprint density at radius 3 is 3.00 bits per heavy atom. The van der Waals surface area contributed by atoms with Crippen LogP contribution in [-0.4, -0.2) is 0 Å². The summed E-state index contributed by atoms with van der Waals surface area (Å²) in [5, 5.41) is 0. The second-order valence-corrected chi connectivity index (χ2v) is 5.02. The van der Waals surface area contributed by atoms with E-state index in [0.717, 1.165) is 10.8 Å². The standard InChI is InChI=1S/C11H16/c1-9-3-6-10-4-2-5-11(10,7-9)8-10/h3H,2,4-8H2,1H3. The van der Waals surface area contributed by atoms with Crippen molar-refractivity contribution in [3.05, 3.63) is 11.6 Å². The number of hydrogen-bond acceptors (Lipinski definition) is 0. The third kappa shape index (κ3) is 0.579. The lowest BCUT2D eigenvalue weighted by atomic mass is 9.83. The highest BCUT2D eigenvalue weighted by Crippen LogP contribution is 2.78. The molecule has 0 saturated heterocycles. The average molecular weight is 148 g/mol. The van der Waals surface area contributed by atoms with Crippen LogP contribution in [-0.2, 0) is 0 Å². The topological polar surface area (TPSA) is 0 Å². The van der Waals surface area contributed by atoms with Gasteiger partial charge in [0.25, 0.3) is 0 Å². The van der Waals surface area contributed by atoms with E-state index in [1.807, 2.05) is 0 Å². The number of rotatable bonds is 0. The van der Waals surface area contributed by atoms with Crippen LogP contribution in [0.25, 0.3) is 0 Å². The molecule has 0 N–H and O–H groups in total. The third-order valence-corrected chi connectivity index (χ3v) is 4.45. The molecule has 0 aromatic heterocycles. The monoisotopic (exact) mass is 148 g/mol. The summed E-state index contributed by atoms with van der Waals surface area (Å²) in [6, 6.07) is 0. The van der Waals surface area contributed by atoms with E-state index in [-0.39, 0.29) is 0 Å². The van der Waals surface area contributed by atoms with Crippen molar-refractivity contribution in [1.82, 2.24) is 0 Å². The second kappa shape index (κ2) is 1.57. The Labute approximate surface area is 68.7 Å². The Hall–Kier alpha value is -0.260. The van der Waals surface area contributed by atoms with Crippen molar-refractivity contribution in [3.63, 3.8) is 0 Å². The maximum atomic E-state index is 2.50. The Morgan fingerprint density at radius 2 is 2.09 bits per heavy atom. The first-order valence-electron chi connectivity index (χ1n) is 4.92. The van der Waals surface area contributed by atoms with E-state index in [1.165, 1.54) is 32.1 Å². The number of hydrogen-bond donors (Lipinski definition) is 0. The van der Waals surface area contributed by atoms with Crippen LogP contribution in [0.3, 0.4) is 0 Å². The molecule has 2 fully saturated rings. The first kappa shape index (κ1) is 6.28. The summed E-state index contributed by atoms with van der Waals surface area (Å²) in [5.74, 6) is 0. The van der Waals surface area contributed by atoms with Gasteiger partial charge in [-0.1, -0.05) is 18.1 Å². The van der Waals surface area contributed by atoms with Gasteiger partial charge in [0.05, 0.1) is 0 Å². The lowest BCUT2D eigenvalue weighted by Gasteiger charge is -2.22. The van der Waals surface area contributed by atoms with Gasteiger partial charge in [-0.25, -0.2) is 0 Å². The highest BCUT2D eigenvalue weighted by Gasteiger charge is 2.68. The molecule has 3 rings (SSSR count). The van der Waals surface area contributed by atoms with E-state index in [0.29, 0.717) is 0 Å². The fraction of sp³-hybridized carbons (Fsp3) is 0.818. The molecule has 0 heteroatoms. The van der Waals surface area contributed by atoms with Gasteiger partial charge >= 0.3 is 0 Å². The predicted molar refractivity (Wildman–Crippen MR) is 46.3 cm³/mol. The van der Waals surface area contributed by atoms with Gasteiger partial charge < -0.3 is 0 Å². The zero-order valence-electron chi connectivity index (χ0n) is 7.32. The second-order valence-electron chi connectivity index (χ2n) is 5.02. The number of allylic oxidation sites excluding steroid dienone is 2. The van der Waals surface area contributed by atoms with Crippen LogP contribution in [0.2, 0.25) is 0 Å². The predicted octanol–water partition coefficient (Wildman–Crippen LogP) is 3.29.